The number of carbonyl (C=O) groups is 2. The molecule has 1 saturated heterocycles. The number of hydrogen-bond donors (Lipinski definition) is 1. The molecule has 0 radical (unpaired) electrons. The molecule has 2 amide bonds. The summed E-state index contributed by atoms with van der Waals surface area (Å²) in [4.78, 5) is 25.5. The van der Waals surface area contributed by atoms with Gasteiger partial charge in [0.15, 0.2) is 0 Å². The highest BCUT2D eigenvalue weighted by atomic mass is 32.2. The van der Waals surface area contributed by atoms with Gasteiger partial charge in [-0.05, 0) is 26.5 Å². The predicted octanol–water partition coefficient (Wildman–Crippen LogP) is 0.865. The zero-order valence-corrected chi connectivity index (χ0v) is 11.2. The van der Waals surface area contributed by atoms with Crippen LogP contribution in [-0.4, -0.2) is 46.3 Å². The number of rotatable bonds is 4. The minimum atomic E-state index is -0.724. The Morgan fingerprint density at radius 1 is 1.44 bits per heavy atom. The zero-order chi connectivity index (χ0) is 12.3. The molecule has 1 unspecified atom stereocenters. The van der Waals surface area contributed by atoms with Crippen molar-refractivity contribution in [2.75, 3.05) is 18.1 Å². The van der Waals surface area contributed by atoms with Crippen LogP contribution in [0.3, 0.4) is 0 Å². The first kappa shape index (κ1) is 13.4. The Labute approximate surface area is 101 Å². The molecule has 1 heterocycles. The summed E-state index contributed by atoms with van der Waals surface area (Å²) in [6.07, 6.45) is 0. The fourth-order valence-corrected chi connectivity index (χ4v) is 2.36. The quantitative estimate of drug-likeness (QED) is 0.746. The first-order chi connectivity index (χ1) is 7.41. The predicted molar refractivity (Wildman–Crippen MR) is 66.4 cm³/mol. The van der Waals surface area contributed by atoms with Crippen LogP contribution in [0.4, 0.5) is 0 Å². The molecule has 1 aliphatic rings. The maximum Gasteiger partial charge on any atom is 0.246 e. The van der Waals surface area contributed by atoms with E-state index in [2.05, 4.69) is 12.2 Å². The fraction of sp³-hybridized carbons (Fsp3) is 0.818. The maximum absolute atomic E-state index is 12.0. The van der Waals surface area contributed by atoms with Crippen molar-refractivity contribution < 1.29 is 9.59 Å². The Bertz CT molecular complexity index is 292. The van der Waals surface area contributed by atoms with Gasteiger partial charge in [0, 0.05) is 12.3 Å². The number of nitrogens with zero attached hydrogens (tertiary/aromatic N) is 1. The molecule has 1 atom stereocenters. The van der Waals surface area contributed by atoms with Crippen LogP contribution in [0.1, 0.15) is 27.7 Å². The molecule has 92 valence electrons. The van der Waals surface area contributed by atoms with E-state index in [1.807, 2.05) is 0 Å². The number of amides is 2. The number of nitrogens with one attached hydrogen (secondary N) is 1. The largest absolute Gasteiger partial charge is 0.343 e. The van der Waals surface area contributed by atoms with Gasteiger partial charge in [-0.2, -0.15) is 11.8 Å². The number of thioether (sulfide) groups is 1. The Morgan fingerprint density at radius 2 is 2.06 bits per heavy atom. The van der Waals surface area contributed by atoms with Crippen molar-refractivity contribution in [3.63, 3.8) is 0 Å². The monoisotopic (exact) mass is 244 g/mol. The first-order valence-electron chi connectivity index (χ1n) is 5.61. The minimum Gasteiger partial charge on any atom is -0.343 e. The van der Waals surface area contributed by atoms with Gasteiger partial charge in [0.1, 0.15) is 11.6 Å². The molecule has 5 heteroatoms. The summed E-state index contributed by atoms with van der Waals surface area (Å²) in [6, 6.07) is -0.396. The van der Waals surface area contributed by atoms with E-state index in [0.29, 0.717) is 6.54 Å². The molecule has 0 spiro atoms. The van der Waals surface area contributed by atoms with Crippen LogP contribution in [0.15, 0.2) is 0 Å². The van der Waals surface area contributed by atoms with Crippen LogP contribution >= 0.6 is 11.8 Å². The highest BCUT2D eigenvalue weighted by Gasteiger charge is 2.44. The van der Waals surface area contributed by atoms with E-state index in [0.717, 1.165) is 11.5 Å². The summed E-state index contributed by atoms with van der Waals surface area (Å²) in [7, 11) is 0. The van der Waals surface area contributed by atoms with Crippen LogP contribution in [-0.2, 0) is 9.59 Å². The van der Waals surface area contributed by atoms with Crippen molar-refractivity contribution >= 4 is 23.6 Å². The molecule has 1 aliphatic heterocycles. The number of piperazine rings is 1. The highest BCUT2D eigenvalue weighted by Crippen LogP contribution is 2.21. The van der Waals surface area contributed by atoms with Crippen LogP contribution in [0.5, 0.6) is 0 Å². The second kappa shape index (κ2) is 5.08. The van der Waals surface area contributed by atoms with Gasteiger partial charge in [0.25, 0.3) is 0 Å². The van der Waals surface area contributed by atoms with E-state index in [1.54, 1.807) is 37.4 Å². The molecule has 0 aromatic rings. The van der Waals surface area contributed by atoms with Crippen LogP contribution in [0.2, 0.25) is 0 Å². The third kappa shape index (κ3) is 2.51. The topological polar surface area (TPSA) is 49.4 Å². The van der Waals surface area contributed by atoms with Gasteiger partial charge < -0.3 is 10.2 Å². The van der Waals surface area contributed by atoms with Crippen molar-refractivity contribution in [3.8, 4) is 0 Å². The van der Waals surface area contributed by atoms with Gasteiger partial charge in [-0.1, -0.05) is 6.92 Å². The summed E-state index contributed by atoms with van der Waals surface area (Å²) in [5.41, 5.74) is -0.724. The number of carbonyl (C=O) groups excluding carboxylic acids is 2. The summed E-state index contributed by atoms with van der Waals surface area (Å²) in [6.45, 7) is 8.05. The van der Waals surface area contributed by atoms with Crippen molar-refractivity contribution in [1.29, 1.82) is 0 Å². The summed E-state index contributed by atoms with van der Waals surface area (Å²) in [5, 5.41) is 2.70. The third-order valence-corrected chi connectivity index (χ3v) is 3.76. The molecule has 1 fully saturated rings. The molecule has 16 heavy (non-hydrogen) atoms. The van der Waals surface area contributed by atoms with E-state index in [9.17, 15) is 9.59 Å². The van der Waals surface area contributed by atoms with Gasteiger partial charge >= 0.3 is 0 Å². The lowest BCUT2D eigenvalue weighted by atomic mass is 9.96. The highest BCUT2D eigenvalue weighted by molar-refractivity contribution is 7.99. The Kier molecular flexibility index (Phi) is 4.24. The molecule has 0 aliphatic carbocycles. The SMILES string of the molecule is CCSCCN1C(=O)C(C)NC(=O)C1(C)C. The average Bonchev–Trinajstić information content (AvgIpc) is 2.21. The van der Waals surface area contributed by atoms with E-state index in [1.165, 1.54) is 0 Å². The third-order valence-electron chi connectivity index (χ3n) is 2.88. The van der Waals surface area contributed by atoms with Gasteiger partial charge in [-0.3, -0.25) is 9.59 Å². The lowest BCUT2D eigenvalue weighted by molar-refractivity contribution is -0.154. The molecular formula is C11H20N2O2S. The molecule has 1 N–H and O–H groups in total. The van der Waals surface area contributed by atoms with Gasteiger partial charge in [-0.25, -0.2) is 0 Å². The zero-order valence-electron chi connectivity index (χ0n) is 10.4. The molecule has 0 saturated carbocycles. The standard InChI is InChI=1S/C11H20N2O2S/c1-5-16-7-6-13-9(14)8(2)12-10(15)11(13,3)4/h8H,5-7H2,1-4H3,(H,12,15). The van der Waals surface area contributed by atoms with E-state index >= 15 is 0 Å². The Balaban J connectivity index is 2.74. The van der Waals surface area contributed by atoms with Crippen molar-refractivity contribution in [3.05, 3.63) is 0 Å². The summed E-state index contributed by atoms with van der Waals surface area (Å²) in [5.74, 6) is 1.86. The smallest absolute Gasteiger partial charge is 0.246 e. The summed E-state index contributed by atoms with van der Waals surface area (Å²) >= 11 is 1.78. The van der Waals surface area contributed by atoms with Gasteiger partial charge in [0.05, 0.1) is 0 Å². The Hall–Kier alpha value is -0.710. The maximum atomic E-state index is 12.0. The van der Waals surface area contributed by atoms with E-state index < -0.39 is 11.6 Å². The fourth-order valence-electron chi connectivity index (χ4n) is 1.76. The summed E-state index contributed by atoms with van der Waals surface area (Å²) < 4.78 is 0. The van der Waals surface area contributed by atoms with Gasteiger partial charge in [0.2, 0.25) is 11.8 Å². The molecular weight excluding hydrogens is 224 g/mol. The second-order valence-electron chi connectivity index (χ2n) is 4.44. The molecule has 4 nitrogen and oxygen atoms in total. The molecule has 0 aromatic carbocycles. The molecule has 0 bridgehead atoms. The lowest BCUT2D eigenvalue weighted by Gasteiger charge is -2.43. The van der Waals surface area contributed by atoms with Crippen LogP contribution in [0.25, 0.3) is 0 Å². The minimum absolute atomic E-state index is 0.0151. The van der Waals surface area contributed by atoms with Crippen LogP contribution in [0, 0.1) is 0 Å². The van der Waals surface area contributed by atoms with Crippen LogP contribution < -0.4 is 5.32 Å². The van der Waals surface area contributed by atoms with E-state index in [4.69, 9.17) is 0 Å². The lowest BCUT2D eigenvalue weighted by Crippen LogP contribution is -2.67. The Morgan fingerprint density at radius 3 is 2.62 bits per heavy atom. The average molecular weight is 244 g/mol. The second-order valence-corrected chi connectivity index (χ2v) is 5.83. The first-order valence-corrected chi connectivity index (χ1v) is 6.77. The van der Waals surface area contributed by atoms with Gasteiger partial charge in [-0.15, -0.1) is 0 Å². The van der Waals surface area contributed by atoms with Crippen molar-refractivity contribution in [2.24, 2.45) is 0 Å². The van der Waals surface area contributed by atoms with Crippen molar-refractivity contribution in [1.82, 2.24) is 10.2 Å². The molecule has 0 aromatic heterocycles. The van der Waals surface area contributed by atoms with Crippen molar-refractivity contribution in [2.45, 2.75) is 39.3 Å². The number of hydrogen-bond acceptors (Lipinski definition) is 3. The molecule has 1 rings (SSSR count). The van der Waals surface area contributed by atoms with E-state index in [-0.39, 0.29) is 11.8 Å². The normalized spacial score (nSPS) is 24.5.